The van der Waals surface area contributed by atoms with E-state index in [9.17, 15) is 9.90 Å². The van der Waals surface area contributed by atoms with Crippen molar-refractivity contribution in [2.45, 2.75) is 6.04 Å². The van der Waals surface area contributed by atoms with Crippen molar-refractivity contribution in [3.63, 3.8) is 0 Å². The molecule has 0 bridgehead atoms. The smallest absolute Gasteiger partial charge is 0.276 e. The molecule has 0 saturated carbocycles. The van der Waals surface area contributed by atoms with Gasteiger partial charge < -0.3 is 10.4 Å². The number of aliphatic hydroxyl groups is 1. The van der Waals surface area contributed by atoms with E-state index >= 15 is 0 Å². The minimum absolute atomic E-state index is 0.115. The van der Waals surface area contributed by atoms with E-state index in [1.165, 1.54) is 0 Å². The number of fused-ring (bicyclic) bond motifs is 1. The second-order valence-electron chi connectivity index (χ2n) is 6.32. The van der Waals surface area contributed by atoms with Gasteiger partial charge in [0.1, 0.15) is 5.70 Å². The molecule has 1 aliphatic heterocycles. The maximum Gasteiger partial charge on any atom is 0.276 e. The zero-order valence-corrected chi connectivity index (χ0v) is 14.8. The number of guanidine groups is 1. The van der Waals surface area contributed by atoms with Crippen molar-refractivity contribution in [1.82, 2.24) is 20.4 Å². The van der Waals surface area contributed by atoms with Crippen LogP contribution in [0.4, 0.5) is 0 Å². The largest absolute Gasteiger partial charge is 0.394 e. The van der Waals surface area contributed by atoms with Gasteiger partial charge in [-0.05, 0) is 29.3 Å². The van der Waals surface area contributed by atoms with Gasteiger partial charge in [-0.25, -0.2) is 4.99 Å². The molecule has 1 aromatic heterocycles. The lowest BCUT2D eigenvalue weighted by Crippen LogP contribution is -2.39. The fourth-order valence-corrected chi connectivity index (χ4v) is 3.05. The first-order valence-electron chi connectivity index (χ1n) is 8.60. The van der Waals surface area contributed by atoms with Crippen LogP contribution in [0.15, 0.2) is 65.4 Å². The van der Waals surface area contributed by atoms with Crippen LogP contribution in [0.2, 0.25) is 0 Å². The average molecular weight is 361 g/mol. The molecule has 1 atom stereocenters. The van der Waals surface area contributed by atoms with E-state index in [2.05, 4.69) is 20.7 Å². The fraction of sp³-hybridized carbons (Fsp3) is 0.150. The van der Waals surface area contributed by atoms with Crippen LogP contribution in [0.5, 0.6) is 0 Å². The van der Waals surface area contributed by atoms with Gasteiger partial charge in [0.15, 0.2) is 0 Å². The Balaban J connectivity index is 1.57. The zero-order chi connectivity index (χ0) is 18.8. The Morgan fingerprint density at radius 3 is 2.85 bits per heavy atom. The van der Waals surface area contributed by atoms with Crippen molar-refractivity contribution in [2.24, 2.45) is 12.0 Å². The Bertz CT molecular complexity index is 1050. The molecule has 27 heavy (non-hydrogen) atoms. The van der Waals surface area contributed by atoms with E-state index < -0.39 is 0 Å². The molecule has 0 saturated heterocycles. The van der Waals surface area contributed by atoms with Crippen LogP contribution in [-0.2, 0) is 11.8 Å². The Kier molecular flexibility index (Phi) is 4.43. The number of rotatable bonds is 4. The highest BCUT2D eigenvalue weighted by Crippen LogP contribution is 2.19. The fourth-order valence-electron chi connectivity index (χ4n) is 3.05. The summed E-state index contributed by atoms with van der Waals surface area (Å²) in [5.41, 5.74) is 3.11. The van der Waals surface area contributed by atoms with Crippen LogP contribution in [0.3, 0.4) is 0 Å². The van der Waals surface area contributed by atoms with Gasteiger partial charge in [-0.2, -0.15) is 5.10 Å². The predicted molar refractivity (Wildman–Crippen MR) is 104 cm³/mol. The average Bonchev–Trinajstić information content (AvgIpc) is 3.23. The van der Waals surface area contributed by atoms with Crippen LogP contribution >= 0.6 is 0 Å². The quantitative estimate of drug-likeness (QED) is 0.617. The van der Waals surface area contributed by atoms with E-state index in [-0.39, 0.29) is 18.6 Å². The molecule has 7 nitrogen and oxygen atoms in total. The monoisotopic (exact) mass is 361 g/mol. The number of benzene rings is 2. The van der Waals surface area contributed by atoms with Gasteiger partial charge >= 0.3 is 0 Å². The maximum absolute atomic E-state index is 12.3. The molecule has 2 heterocycles. The van der Waals surface area contributed by atoms with Gasteiger partial charge in [-0.1, -0.05) is 36.4 Å². The van der Waals surface area contributed by atoms with Crippen molar-refractivity contribution in [3.8, 4) is 0 Å². The van der Waals surface area contributed by atoms with Crippen LogP contribution in [-0.4, -0.2) is 33.4 Å². The molecule has 0 radical (unpaired) electrons. The van der Waals surface area contributed by atoms with Crippen molar-refractivity contribution in [2.75, 3.05) is 6.61 Å². The zero-order valence-electron chi connectivity index (χ0n) is 14.8. The van der Waals surface area contributed by atoms with Gasteiger partial charge in [0, 0.05) is 12.4 Å². The molecule has 4 rings (SSSR count). The summed E-state index contributed by atoms with van der Waals surface area (Å²) in [7, 11) is 1.89. The highest BCUT2D eigenvalue weighted by atomic mass is 16.3. The number of carbonyl (C=O) groups is 1. The van der Waals surface area contributed by atoms with Gasteiger partial charge in [-0.15, -0.1) is 0 Å². The molecular formula is C20H19N5O2. The SMILES string of the molecule is Cn1ncc2cc(/C=C3\N=C(N[C@@H](CO)c4ccccc4)NC3=O)ccc21. The summed E-state index contributed by atoms with van der Waals surface area (Å²) in [6.07, 6.45) is 3.51. The van der Waals surface area contributed by atoms with Crippen molar-refractivity contribution >= 4 is 28.8 Å². The molecule has 0 fully saturated rings. The highest BCUT2D eigenvalue weighted by Gasteiger charge is 2.22. The third kappa shape index (κ3) is 3.45. The highest BCUT2D eigenvalue weighted by molar-refractivity contribution is 6.13. The first kappa shape index (κ1) is 17.0. The lowest BCUT2D eigenvalue weighted by Gasteiger charge is -2.17. The second-order valence-corrected chi connectivity index (χ2v) is 6.32. The van der Waals surface area contributed by atoms with Crippen LogP contribution in [0.25, 0.3) is 17.0 Å². The minimum Gasteiger partial charge on any atom is -0.394 e. The Morgan fingerprint density at radius 2 is 2.07 bits per heavy atom. The molecule has 2 aromatic carbocycles. The van der Waals surface area contributed by atoms with Gasteiger partial charge in [0.05, 0.1) is 24.4 Å². The van der Waals surface area contributed by atoms with Gasteiger partial charge in [-0.3, -0.25) is 14.8 Å². The number of aromatic nitrogens is 2. The third-order valence-corrected chi connectivity index (χ3v) is 4.47. The Labute approximate surface area is 156 Å². The number of nitrogens with one attached hydrogen (secondary N) is 2. The lowest BCUT2D eigenvalue weighted by atomic mass is 10.1. The Morgan fingerprint density at radius 1 is 1.26 bits per heavy atom. The number of amides is 1. The summed E-state index contributed by atoms with van der Waals surface area (Å²) in [5, 5.41) is 20.7. The number of carbonyl (C=O) groups excluding carboxylic acids is 1. The number of aryl methyl sites for hydroxylation is 1. The summed E-state index contributed by atoms with van der Waals surface area (Å²) < 4.78 is 1.80. The first-order valence-corrected chi connectivity index (χ1v) is 8.60. The number of hydrogen-bond donors (Lipinski definition) is 3. The van der Waals surface area contributed by atoms with Crippen molar-refractivity contribution in [3.05, 3.63) is 71.6 Å². The number of hydrogen-bond acceptors (Lipinski definition) is 5. The topological polar surface area (TPSA) is 91.5 Å². The molecule has 136 valence electrons. The standard InChI is InChI=1S/C20H19N5O2/c1-25-18-8-7-13(9-15(18)11-21-25)10-16-19(27)24-20(22-16)23-17(12-26)14-5-3-2-4-6-14/h2-11,17,26H,12H2,1H3,(H2,22,23,24,27)/b16-10-/t17-/m0/s1. The summed E-state index contributed by atoms with van der Waals surface area (Å²) in [6.45, 7) is -0.115. The van der Waals surface area contributed by atoms with Gasteiger partial charge in [0.25, 0.3) is 5.91 Å². The van der Waals surface area contributed by atoms with Gasteiger partial charge in [0.2, 0.25) is 5.96 Å². The van der Waals surface area contributed by atoms with E-state index in [4.69, 9.17) is 0 Å². The van der Waals surface area contributed by atoms with Crippen LogP contribution in [0, 0.1) is 0 Å². The molecule has 3 N–H and O–H groups in total. The van der Waals surface area contributed by atoms with E-state index in [1.807, 2.05) is 55.6 Å². The molecule has 1 amide bonds. The molecule has 7 heteroatoms. The Hall–Kier alpha value is -3.45. The second kappa shape index (κ2) is 7.05. The van der Waals surface area contributed by atoms with Crippen LogP contribution in [0.1, 0.15) is 17.2 Å². The molecule has 0 spiro atoms. The third-order valence-electron chi connectivity index (χ3n) is 4.47. The lowest BCUT2D eigenvalue weighted by molar-refractivity contribution is -0.115. The van der Waals surface area contributed by atoms with Crippen molar-refractivity contribution < 1.29 is 9.90 Å². The summed E-state index contributed by atoms with van der Waals surface area (Å²) >= 11 is 0. The molecule has 0 unspecified atom stereocenters. The van der Waals surface area contributed by atoms with Crippen LogP contribution < -0.4 is 10.6 Å². The first-order chi connectivity index (χ1) is 13.1. The molecular weight excluding hydrogens is 342 g/mol. The van der Waals surface area contributed by atoms with Crippen molar-refractivity contribution in [1.29, 1.82) is 0 Å². The number of aliphatic imine (C=N–C) groups is 1. The summed E-state index contributed by atoms with van der Waals surface area (Å²) in [5.74, 6) is 0.0464. The van der Waals surface area contributed by atoms with E-state index in [0.717, 1.165) is 22.0 Å². The summed E-state index contributed by atoms with van der Waals surface area (Å²) in [4.78, 5) is 16.6. The number of nitrogens with zero attached hydrogens (tertiary/aromatic N) is 3. The minimum atomic E-state index is -0.351. The molecule has 3 aromatic rings. The maximum atomic E-state index is 12.3. The summed E-state index contributed by atoms with van der Waals surface area (Å²) in [6, 6.07) is 15.0. The molecule has 1 aliphatic rings. The van der Waals surface area contributed by atoms with E-state index in [0.29, 0.717) is 11.7 Å². The normalized spacial score (nSPS) is 16.4. The van der Waals surface area contributed by atoms with E-state index in [1.54, 1.807) is 17.0 Å². The number of aliphatic hydroxyl groups excluding tert-OH is 1. The predicted octanol–water partition coefficient (Wildman–Crippen LogP) is 1.72. The molecule has 0 aliphatic carbocycles.